The molecule has 1 amide bonds. The summed E-state index contributed by atoms with van der Waals surface area (Å²) in [6, 6.07) is 3.72. The number of nitrogens with zero attached hydrogens (tertiary/aromatic N) is 2. The number of anilines is 1. The highest BCUT2D eigenvalue weighted by Crippen LogP contribution is 2.25. The summed E-state index contributed by atoms with van der Waals surface area (Å²) in [6.45, 7) is 7.96. The van der Waals surface area contributed by atoms with Crippen LogP contribution in [0.4, 0.5) is 5.82 Å². The van der Waals surface area contributed by atoms with Crippen LogP contribution in [-0.4, -0.2) is 15.9 Å². The fourth-order valence-electron chi connectivity index (χ4n) is 1.59. The lowest BCUT2D eigenvalue weighted by Gasteiger charge is -2.03. The number of pyridine rings is 1. The molecule has 100 valence electrons. The first-order chi connectivity index (χ1) is 8.97. The van der Waals surface area contributed by atoms with Crippen LogP contribution in [-0.2, 0) is 0 Å². The van der Waals surface area contributed by atoms with E-state index < -0.39 is 0 Å². The molecule has 0 fully saturated rings. The fraction of sp³-hybridized carbons (Fsp3) is 0.357. The van der Waals surface area contributed by atoms with Crippen LogP contribution in [0.15, 0.2) is 18.3 Å². The second-order valence-electron chi connectivity index (χ2n) is 4.80. The molecule has 1 N–H and O–H groups in total. The number of carbonyl (C=O) groups excluding carboxylic acids is 1. The number of carbonyl (C=O) groups is 1. The summed E-state index contributed by atoms with van der Waals surface area (Å²) in [5.41, 5.74) is 1.84. The van der Waals surface area contributed by atoms with Gasteiger partial charge in [-0.1, -0.05) is 19.9 Å². The minimum atomic E-state index is -0.141. The highest BCUT2D eigenvalue weighted by atomic mass is 32.1. The highest BCUT2D eigenvalue weighted by Gasteiger charge is 2.17. The van der Waals surface area contributed by atoms with Crippen LogP contribution in [0.3, 0.4) is 0 Å². The molecule has 0 atom stereocenters. The molecular formula is C14H17N3OS. The molecule has 0 spiro atoms. The zero-order valence-corrected chi connectivity index (χ0v) is 12.3. The quantitative estimate of drug-likeness (QED) is 0.932. The molecule has 0 aliphatic carbocycles. The van der Waals surface area contributed by atoms with Gasteiger partial charge in [0.15, 0.2) is 0 Å². The van der Waals surface area contributed by atoms with Crippen molar-refractivity contribution in [3.8, 4) is 0 Å². The van der Waals surface area contributed by atoms with Crippen molar-refractivity contribution < 1.29 is 4.79 Å². The topological polar surface area (TPSA) is 54.9 Å². The minimum Gasteiger partial charge on any atom is -0.306 e. The maximum Gasteiger partial charge on any atom is 0.268 e. The summed E-state index contributed by atoms with van der Waals surface area (Å²) >= 11 is 1.45. The fourth-order valence-corrected chi connectivity index (χ4v) is 2.55. The third-order valence-electron chi connectivity index (χ3n) is 2.67. The summed E-state index contributed by atoms with van der Waals surface area (Å²) < 4.78 is 0. The average molecular weight is 275 g/mol. The van der Waals surface area contributed by atoms with Gasteiger partial charge in [-0.2, -0.15) is 0 Å². The summed E-state index contributed by atoms with van der Waals surface area (Å²) in [6.07, 6.45) is 1.73. The summed E-state index contributed by atoms with van der Waals surface area (Å²) in [5.74, 6) is 0.760. The van der Waals surface area contributed by atoms with Gasteiger partial charge in [-0.05, 0) is 25.5 Å². The standard InChI is InChI=1S/C14H17N3OS/c1-8(2)14-16-10(4)12(19-14)13(18)17-11-6-5-9(3)7-15-11/h5-8H,1-4H3,(H,15,17,18). The molecule has 0 bridgehead atoms. The molecular weight excluding hydrogens is 258 g/mol. The Kier molecular flexibility index (Phi) is 3.95. The molecule has 19 heavy (non-hydrogen) atoms. The first-order valence-corrected chi connectivity index (χ1v) is 7.00. The van der Waals surface area contributed by atoms with Gasteiger partial charge in [0.2, 0.25) is 0 Å². The Labute approximate surface area is 116 Å². The van der Waals surface area contributed by atoms with Crippen LogP contribution >= 0.6 is 11.3 Å². The van der Waals surface area contributed by atoms with E-state index in [1.165, 1.54) is 11.3 Å². The Morgan fingerprint density at radius 2 is 2.05 bits per heavy atom. The molecule has 0 aliphatic heterocycles. The van der Waals surface area contributed by atoms with E-state index in [4.69, 9.17) is 0 Å². The molecule has 0 radical (unpaired) electrons. The van der Waals surface area contributed by atoms with Crippen molar-refractivity contribution >= 4 is 23.1 Å². The summed E-state index contributed by atoms with van der Waals surface area (Å²) in [5, 5.41) is 3.78. The average Bonchev–Trinajstić information content (AvgIpc) is 2.74. The first kappa shape index (κ1) is 13.7. The van der Waals surface area contributed by atoms with Gasteiger partial charge in [0, 0.05) is 12.1 Å². The van der Waals surface area contributed by atoms with E-state index in [9.17, 15) is 4.79 Å². The van der Waals surface area contributed by atoms with Crippen LogP contribution in [0.2, 0.25) is 0 Å². The van der Waals surface area contributed by atoms with Crippen LogP contribution in [0.25, 0.3) is 0 Å². The Bertz CT molecular complexity index is 587. The van der Waals surface area contributed by atoms with Crippen molar-refractivity contribution in [1.82, 2.24) is 9.97 Å². The molecule has 0 aromatic carbocycles. The van der Waals surface area contributed by atoms with Gasteiger partial charge < -0.3 is 5.32 Å². The van der Waals surface area contributed by atoms with Gasteiger partial charge in [0.25, 0.3) is 5.91 Å². The largest absolute Gasteiger partial charge is 0.306 e. The monoisotopic (exact) mass is 275 g/mol. The van der Waals surface area contributed by atoms with Crippen molar-refractivity contribution in [3.05, 3.63) is 39.5 Å². The van der Waals surface area contributed by atoms with Crippen LogP contribution in [0.1, 0.15) is 45.7 Å². The Morgan fingerprint density at radius 1 is 1.32 bits per heavy atom. The summed E-state index contributed by atoms with van der Waals surface area (Å²) in [4.78, 5) is 21.4. The molecule has 4 nitrogen and oxygen atoms in total. The predicted molar refractivity (Wildman–Crippen MR) is 77.9 cm³/mol. The number of amides is 1. The number of aryl methyl sites for hydroxylation is 2. The summed E-state index contributed by atoms with van der Waals surface area (Å²) in [7, 11) is 0. The van der Waals surface area contributed by atoms with Crippen LogP contribution in [0.5, 0.6) is 0 Å². The van der Waals surface area contributed by atoms with Gasteiger partial charge in [0.1, 0.15) is 10.7 Å². The Balaban J connectivity index is 2.18. The van der Waals surface area contributed by atoms with Crippen molar-refractivity contribution in [2.24, 2.45) is 0 Å². The van der Waals surface area contributed by atoms with E-state index in [1.807, 2.05) is 19.9 Å². The van der Waals surface area contributed by atoms with Gasteiger partial charge in [0.05, 0.1) is 10.7 Å². The predicted octanol–water partition coefficient (Wildman–Crippen LogP) is 3.53. The lowest BCUT2D eigenvalue weighted by molar-refractivity contribution is 0.102. The number of thiazole rings is 1. The molecule has 2 aromatic rings. The van der Waals surface area contributed by atoms with Gasteiger partial charge >= 0.3 is 0 Å². The number of rotatable bonds is 3. The molecule has 2 aromatic heterocycles. The van der Waals surface area contributed by atoms with Crippen LogP contribution in [0, 0.1) is 13.8 Å². The third kappa shape index (κ3) is 3.17. The van der Waals surface area contributed by atoms with E-state index >= 15 is 0 Å². The minimum absolute atomic E-state index is 0.141. The third-order valence-corrected chi connectivity index (χ3v) is 4.12. The van der Waals surface area contributed by atoms with E-state index in [2.05, 4.69) is 29.1 Å². The lowest BCUT2D eigenvalue weighted by atomic mass is 10.2. The molecule has 2 heterocycles. The second-order valence-corrected chi connectivity index (χ2v) is 5.83. The van der Waals surface area contributed by atoms with Crippen LogP contribution < -0.4 is 5.32 Å². The molecule has 0 saturated heterocycles. The normalized spacial score (nSPS) is 10.8. The van der Waals surface area contributed by atoms with Gasteiger partial charge in [-0.25, -0.2) is 9.97 Å². The first-order valence-electron chi connectivity index (χ1n) is 6.18. The van der Waals surface area contributed by atoms with Gasteiger partial charge in [-0.15, -0.1) is 11.3 Å². The Morgan fingerprint density at radius 3 is 2.58 bits per heavy atom. The van der Waals surface area contributed by atoms with Gasteiger partial charge in [-0.3, -0.25) is 4.79 Å². The van der Waals surface area contributed by atoms with E-state index in [0.717, 1.165) is 16.3 Å². The zero-order valence-electron chi connectivity index (χ0n) is 11.5. The SMILES string of the molecule is Cc1ccc(NC(=O)c2sc(C(C)C)nc2C)nc1. The smallest absolute Gasteiger partial charge is 0.268 e. The second kappa shape index (κ2) is 5.48. The number of aromatic nitrogens is 2. The highest BCUT2D eigenvalue weighted by molar-refractivity contribution is 7.14. The van der Waals surface area contributed by atoms with Crippen molar-refractivity contribution in [2.45, 2.75) is 33.6 Å². The zero-order chi connectivity index (χ0) is 14.0. The molecule has 0 unspecified atom stereocenters. The number of hydrogen-bond acceptors (Lipinski definition) is 4. The molecule has 5 heteroatoms. The van der Waals surface area contributed by atoms with E-state index in [-0.39, 0.29) is 5.91 Å². The Hall–Kier alpha value is -1.75. The van der Waals surface area contributed by atoms with Crippen molar-refractivity contribution in [2.75, 3.05) is 5.32 Å². The number of nitrogens with one attached hydrogen (secondary N) is 1. The maximum atomic E-state index is 12.2. The van der Waals surface area contributed by atoms with Crippen molar-refractivity contribution in [1.29, 1.82) is 0 Å². The molecule has 2 rings (SSSR count). The number of hydrogen-bond donors (Lipinski definition) is 1. The maximum absolute atomic E-state index is 12.2. The van der Waals surface area contributed by atoms with E-state index in [1.54, 1.807) is 12.3 Å². The lowest BCUT2D eigenvalue weighted by Crippen LogP contribution is -2.12. The molecule has 0 aliphatic rings. The molecule has 0 saturated carbocycles. The van der Waals surface area contributed by atoms with E-state index in [0.29, 0.717) is 16.6 Å². The van der Waals surface area contributed by atoms with Crippen molar-refractivity contribution in [3.63, 3.8) is 0 Å².